The zero-order valence-corrected chi connectivity index (χ0v) is 11.1. The number of benzene rings is 1. The van der Waals surface area contributed by atoms with Gasteiger partial charge in [0.25, 0.3) is 0 Å². The second-order valence-corrected chi connectivity index (χ2v) is 5.23. The van der Waals surface area contributed by atoms with Crippen molar-refractivity contribution in [2.24, 2.45) is 0 Å². The number of alkyl halides is 1. The number of ketones is 1. The first-order valence-corrected chi connectivity index (χ1v) is 6.48. The lowest BCUT2D eigenvalue weighted by Crippen LogP contribution is -2.21. The summed E-state index contributed by atoms with van der Waals surface area (Å²) in [6.07, 6.45) is 4.71. The molecule has 1 unspecified atom stereocenters. The highest BCUT2D eigenvalue weighted by atomic mass is 35.5. The summed E-state index contributed by atoms with van der Waals surface area (Å²) in [5, 5.41) is -0.320. The highest BCUT2D eigenvalue weighted by Crippen LogP contribution is 2.27. The van der Waals surface area contributed by atoms with Crippen molar-refractivity contribution < 1.29 is 4.79 Å². The monoisotopic (exact) mass is 248 g/mol. The summed E-state index contributed by atoms with van der Waals surface area (Å²) in [7, 11) is 0. The second kappa shape index (κ2) is 5.05. The Morgan fingerprint density at radius 3 is 2.59 bits per heavy atom. The predicted octanol–water partition coefficient (Wildman–Crippen LogP) is 4.05. The summed E-state index contributed by atoms with van der Waals surface area (Å²) in [4.78, 5) is 12.0. The average molecular weight is 249 g/mol. The third-order valence-corrected chi connectivity index (χ3v) is 3.78. The standard InChI is InChI=1S/C15H17ClO/c1-10-5-3-6-11(2)13(10)9-12-7-4-8-14(16)15(12)17/h3,5-6,9,14H,4,7-8H2,1-2H3. The van der Waals surface area contributed by atoms with Crippen molar-refractivity contribution >= 4 is 23.5 Å². The number of carbonyl (C=O) groups is 1. The van der Waals surface area contributed by atoms with E-state index in [0.29, 0.717) is 0 Å². The number of rotatable bonds is 1. The van der Waals surface area contributed by atoms with Gasteiger partial charge < -0.3 is 0 Å². The molecule has 1 saturated carbocycles. The van der Waals surface area contributed by atoms with Gasteiger partial charge in [0, 0.05) is 0 Å². The average Bonchev–Trinajstić information content (AvgIpc) is 2.29. The normalized spacial score (nSPS) is 23.1. The van der Waals surface area contributed by atoms with Gasteiger partial charge in [-0.25, -0.2) is 0 Å². The minimum atomic E-state index is -0.320. The fourth-order valence-electron chi connectivity index (χ4n) is 2.30. The fourth-order valence-corrected chi connectivity index (χ4v) is 2.59. The van der Waals surface area contributed by atoms with E-state index in [0.717, 1.165) is 24.8 Å². The van der Waals surface area contributed by atoms with E-state index in [4.69, 9.17) is 11.6 Å². The molecule has 1 aliphatic carbocycles. The largest absolute Gasteiger partial charge is 0.293 e. The van der Waals surface area contributed by atoms with E-state index in [1.54, 1.807) is 0 Å². The molecule has 1 aromatic rings. The number of hydrogen-bond donors (Lipinski definition) is 0. The van der Waals surface area contributed by atoms with E-state index >= 15 is 0 Å². The van der Waals surface area contributed by atoms with Crippen LogP contribution in [0.25, 0.3) is 6.08 Å². The number of aryl methyl sites for hydroxylation is 2. The van der Waals surface area contributed by atoms with Crippen molar-refractivity contribution in [1.82, 2.24) is 0 Å². The predicted molar refractivity (Wildman–Crippen MR) is 72.4 cm³/mol. The van der Waals surface area contributed by atoms with Gasteiger partial charge in [-0.05, 0) is 61.4 Å². The van der Waals surface area contributed by atoms with Crippen LogP contribution in [-0.4, -0.2) is 11.2 Å². The van der Waals surface area contributed by atoms with Crippen molar-refractivity contribution in [3.63, 3.8) is 0 Å². The topological polar surface area (TPSA) is 17.1 Å². The molecule has 1 fully saturated rings. The van der Waals surface area contributed by atoms with Gasteiger partial charge in [-0.15, -0.1) is 11.6 Å². The lowest BCUT2D eigenvalue weighted by Gasteiger charge is -2.18. The first-order chi connectivity index (χ1) is 8.09. The smallest absolute Gasteiger partial charge is 0.176 e. The minimum absolute atomic E-state index is 0.112. The number of hydrogen-bond acceptors (Lipinski definition) is 1. The molecule has 90 valence electrons. The summed E-state index contributed by atoms with van der Waals surface area (Å²) in [6, 6.07) is 6.19. The zero-order valence-electron chi connectivity index (χ0n) is 10.3. The number of carbonyl (C=O) groups excluding carboxylic acids is 1. The Bertz CT molecular complexity index is 454. The summed E-state index contributed by atoms with van der Waals surface area (Å²) in [5.74, 6) is 0.112. The Hall–Kier alpha value is -1.08. The summed E-state index contributed by atoms with van der Waals surface area (Å²) >= 11 is 6.02. The molecule has 17 heavy (non-hydrogen) atoms. The first-order valence-electron chi connectivity index (χ1n) is 6.04. The Morgan fingerprint density at radius 2 is 1.94 bits per heavy atom. The molecule has 0 amide bonds. The number of allylic oxidation sites excluding steroid dienone is 1. The van der Waals surface area contributed by atoms with Crippen LogP contribution in [0, 0.1) is 13.8 Å². The Morgan fingerprint density at radius 1 is 1.29 bits per heavy atom. The van der Waals surface area contributed by atoms with E-state index < -0.39 is 0 Å². The van der Waals surface area contributed by atoms with Crippen LogP contribution >= 0.6 is 11.6 Å². The molecule has 0 aliphatic heterocycles. The third-order valence-electron chi connectivity index (χ3n) is 3.37. The molecule has 1 atom stereocenters. The molecular weight excluding hydrogens is 232 g/mol. The molecule has 0 spiro atoms. The number of Topliss-reactive ketones (excluding diaryl/α,β-unsaturated/α-hetero) is 1. The summed E-state index contributed by atoms with van der Waals surface area (Å²) < 4.78 is 0. The first kappa shape index (κ1) is 12.4. The van der Waals surface area contributed by atoms with Gasteiger partial charge in [-0.3, -0.25) is 4.79 Å². The quantitative estimate of drug-likeness (QED) is 0.541. The molecule has 1 nitrogen and oxygen atoms in total. The molecule has 1 aliphatic rings. The van der Waals surface area contributed by atoms with Gasteiger partial charge in [0.05, 0.1) is 5.38 Å². The summed E-state index contributed by atoms with van der Waals surface area (Å²) in [5.41, 5.74) is 4.47. The third kappa shape index (κ3) is 2.61. The maximum Gasteiger partial charge on any atom is 0.176 e. The molecule has 0 bridgehead atoms. The molecule has 0 heterocycles. The molecule has 1 aromatic carbocycles. The highest BCUT2D eigenvalue weighted by molar-refractivity contribution is 6.34. The molecular formula is C15H17ClO. The molecule has 2 rings (SSSR count). The SMILES string of the molecule is Cc1cccc(C)c1C=C1CCCC(Cl)C1=O. The highest BCUT2D eigenvalue weighted by Gasteiger charge is 2.24. The van der Waals surface area contributed by atoms with E-state index in [1.807, 2.05) is 12.1 Å². The van der Waals surface area contributed by atoms with Crippen molar-refractivity contribution in [3.8, 4) is 0 Å². The Balaban J connectivity index is 2.38. The van der Waals surface area contributed by atoms with Gasteiger partial charge in [0.2, 0.25) is 0 Å². The fraction of sp³-hybridized carbons (Fsp3) is 0.400. The van der Waals surface area contributed by atoms with Crippen LogP contribution in [-0.2, 0) is 4.79 Å². The molecule has 0 aromatic heterocycles. The van der Waals surface area contributed by atoms with E-state index in [2.05, 4.69) is 26.0 Å². The minimum Gasteiger partial charge on any atom is -0.293 e. The van der Waals surface area contributed by atoms with Crippen molar-refractivity contribution in [3.05, 3.63) is 40.5 Å². The van der Waals surface area contributed by atoms with Crippen molar-refractivity contribution in [2.45, 2.75) is 38.5 Å². The van der Waals surface area contributed by atoms with Gasteiger partial charge >= 0.3 is 0 Å². The second-order valence-electron chi connectivity index (χ2n) is 4.70. The number of halogens is 1. The molecule has 0 saturated heterocycles. The zero-order chi connectivity index (χ0) is 12.4. The molecule has 0 radical (unpaired) electrons. The van der Waals surface area contributed by atoms with Gasteiger partial charge in [-0.2, -0.15) is 0 Å². The van der Waals surface area contributed by atoms with Gasteiger partial charge in [0.15, 0.2) is 5.78 Å². The molecule has 2 heteroatoms. The van der Waals surface area contributed by atoms with Crippen LogP contribution in [0.5, 0.6) is 0 Å². The van der Waals surface area contributed by atoms with E-state index in [9.17, 15) is 4.79 Å². The maximum atomic E-state index is 12.0. The summed E-state index contributed by atoms with van der Waals surface area (Å²) in [6.45, 7) is 4.15. The van der Waals surface area contributed by atoms with Gasteiger partial charge in [0.1, 0.15) is 0 Å². The Labute approximate surface area is 107 Å². The maximum absolute atomic E-state index is 12.0. The van der Waals surface area contributed by atoms with Crippen LogP contribution in [0.3, 0.4) is 0 Å². The lowest BCUT2D eigenvalue weighted by atomic mass is 9.90. The van der Waals surface area contributed by atoms with Crippen LogP contribution in [0.1, 0.15) is 36.0 Å². The molecule has 0 N–H and O–H groups in total. The van der Waals surface area contributed by atoms with Crippen molar-refractivity contribution in [1.29, 1.82) is 0 Å². The van der Waals surface area contributed by atoms with Crippen LogP contribution in [0.4, 0.5) is 0 Å². The van der Waals surface area contributed by atoms with E-state index in [-0.39, 0.29) is 11.2 Å². The Kier molecular flexibility index (Phi) is 3.68. The van der Waals surface area contributed by atoms with Crippen LogP contribution in [0.2, 0.25) is 0 Å². The van der Waals surface area contributed by atoms with Crippen LogP contribution < -0.4 is 0 Å². The lowest BCUT2D eigenvalue weighted by molar-refractivity contribution is -0.116. The van der Waals surface area contributed by atoms with Crippen LogP contribution in [0.15, 0.2) is 23.8 Å². The van der Waals surface area contributed by atoms with Gasteiger partial charge in [-0.1, -0.05) is 18.2 Å². The van der Waals surface area contributed by atoms with E-state index in [1.165, 1.54) is 16.7 Å². The van der Waals surface area contributed by atoms with Crippen molar-refractivity contribution in [2.75, 3.05) is 0 Å².